The number of nitrogens with zero attached hydrogens (tertiary/aromatic N) is 4. The highest BCUT2D eigenvalue weighted by molar-refractivity contribution is 5.63. The molecule has 0 aliphatic carbocycles. The quantitative estimate of drug-likeness (QED) is 0.593. The number of anilines is 1. The van der Waals surface area contributed by atoms with E-state index in [9.17, 15) is 10.1 Å². The maximum absolute atomic E-state index is 11.1. The van der Waals surface area contributed by atoms with E-state index in [-0.39, 0.29) is 10.6 Å². The average Bonchev–Trinajstić information content (AvgIpc) is 2.47. The first-order valence-electron chi connectivity index (χ1n) is 7.12. The normalized spacial score (nSPS) is 14.8. The van der Waals surface area contributed by atoms with Crippen LogP contribution in [0.1, 0.15) is 6.42 Å². The van der Waals surface area contributed by atoms with E-state index < -0.39 is 0 Å². The van der Waals surface area contributed by atoms with Crippen LogP contribution in [0.3, 0.4) is 0 Å². The molecule has 1 aliphatic rings. The first-order valence-corrected chi connectivity index (χ1v) is 7.12. The van der Waals surface area contributed by atoms with Crippen molar-refractivity contribution >= 4 is 11.4 Å². The van der Waals surface area contributed by atoms with Gasteiger partial charge in [0, 0.05) is 19.2 Å². The highest BCUT2D eigenvalue weighted by Crippen LogP contribution is 2.28. The highest BCUT2D eigenvalue weighted by atomic mass is 16.6. The number of para-hydroxylation sites is 2. The molecule has 0 amide bonds. The summed E-state index contributed by atoms with van der Waals surface area (Å²) < 4.78 is 0. The molecule has 6 nitrogen and oxygen atoms in total. The van der Waals surface area contributed by atoms with Crippen molar-refractivity contribution < 1.29 is 4.92 Å². The van der Waals surface area contributed by atoms with Gasteiger partial charge in [-0.1, -0.05) is 12.1 Å². The molecule has 1 heterocycles. The minimum atomic E-state index is -0.315. The van der Waals surface area contributed by atoms with Crippen molar-refractivity contribution in [3.63, 3.8) is 0 Å². The van der Waals surface area contributed by atoms with Crippen molar-refractivity contribution in [2.24, 2.45) is 0 Å². The molecule has 0 spiro atoms. The van der Waals surface area contributed by atoms with Crippen molar-refractivity contribution in [1.29, 1.82) is 0 Å². The number of hydrogen-bond acceptors (Lipinski definition) is 5. The van der Waals surface area contributed by atoms with Crippen LogP contribution in [0.2, 0.25) is 0 Å². The lowest BCUT2D eigenvalue weighted by Gasteiger charge is -2.34. The van der Waals surface area contributed by atoms with Gasteiger partial charge >= 0.3 is 0 Å². The highest BCUT2D eigenvalue weighted by Gasteiger charge is 2.20. The summed E-state index contributed by atoms with van der Waals surface area (Å²) in [6, 6.07) is 6.92. The SMILES string of the molecule is CN(C)CCCN1C=CCN(c2ccccc2[N+](=O)[O-])C1. The molecule has 0 aromatic heterocycles. The van der Waals surface area contributed by atoms with Gasteiger partial charge in [-0.3, -0.25) is 10.1 Å². The maximum Gasteiger partial charge on any atom is 0.292 e. The lowest BCUT2D eigenvalue weighted by atomic mass is 10.2. The van der Waals surface area contributed by atoms with Crippen molar-refractivity contribution in [2.45, 2.75) is 6.42 Å². The Morgan fingerprint density at radius 2 is 2.10 bits per heavy atom. The van der Waals surface area contributed by atoms with E-state index in [0.717, 1.165) is 19.5 Å². The minimum absolute atomic E-state index is 0.168. The molecule has 6 heteroatoms. The Morgan fingerprint density at radius 1 is 1.33 bits per heavy atom. The van der Waals surface area contributed by atoms with E-state index in [1.807, 2.05) is 17.0 Å². The Morgan fingerprint density at radius 3 is 2.81 bits per heavy atom. The fraction of sp³-hybridized carbons (Fsp3) is 0.467. The molecule has 0 fully saturated rings. The number of hydrogen-bond donors (Lipinski definition) is 0. The summed E-state index contributed by atoms with van der Waals surface area (Å²) in [6.07, 6.45) is 5.21. The lowest BCUT2D eigenvalue weighted by molar-refractivity contribution is -0.384. The second-order valence-corrected chi connectivity index (χ2v) is 5.46. The molecule has 1 aromatic carbocycles. The van der Waals surface area contributed by atoms with Crippen molar-refractivity contribution in [3.8, 4) is 0 Å². The second-order valence-electron chi connectivity index (χ2n) is 5.46. The first kappa shape index (κ1) is 15.3. The van der Waals surface area contributed by atoms with E-state index in [1.54, 1.807) is 12.1 Å². The van der Waals surface area contributed by atoms with Crippen LogP contribution in [-0.4, -0.2) is 55.1 Å². The Labute approximate surface area is 125 Å². The Balaban J connectivity index is 2.02. The summed E-state index contributed by atoms with van der Waals surface area (Å²) in [4.78, 5) is 17.2. The second kappa shape index (κ2) is 7.08. The van der Waals surface area contributed by atoms with E-state index in [4.69, 9.17) is 0 Å². The molecule has 1 aliphatic heterocycles. The van der Waals surface area contributed by atoms with Gasteiger partial charge in [-0.15, -0.1) is 0 Å². The van der Waals surface area contributed by atoms with Gasteiger partial charge in [0.15, 0.2) is 0 Å². The summed E-state index contributed by atoms with van der Waals surface area (Å²) in [5, 5.41) is 11.1. The number of nitro groups is 1. The van der Waals surface area contributed by atoms with Gasteiger partial charge in [0.1, 0.15) is 5.69 Å². The van der Waals surface area contributed by atoms with Crippen LogP contribution >= 0.6 is 0 Å². The molecule has 2 rings (SSSR count). The summed E-state index contributed by atoms with van der Waals surface area (Å²) in [5.41, 5.74) is 0.852. The van der Waals surface area contributed by atoms with Gasteiger partial charge in [-0.2, -0.15) is 0 Å². The summed E-state index contributed by atoms with van der Waals surface area (Å²) in [5.74, 6) is 0. The van der Waals surface area contributed by atoms with Gasteiger partial charge in [-0.05, 0) is 45.4 Å². The smallest absolute Gasteiger partial charge is 0.292 e. The molecular weight excluding hydrogens is 268 g/mol. The predicted octanol–water partition coefficient (Wildman–Crippen LogP) is 2.14. The Bertz CT molecular complexity index is 516. The van der Waals surface area contributed by atoms with Crippen LogP contribution in [0.25, 0.3) is 0 Å². The lowest BCUT2D eigenvalue weighted by Crippen LogP contribution is -2.39. The monoisotopic (exact) mass is 290 g/mol. The fourth-order valence-electron chi connectivity index (χ4n) is 2.44. The van der Waals surface area contributed by atoms with Gasteiger partial charge in [-0.25, -0.2) is 0 Å². The zero-order valence-electron chi connectivity index (χ0n) is 12.6. The minimum Gasteiger partial charge on any atom is -0.360 e. The molecule has 114 valence electrons. The largest absolute Gasteiger partial charge is 0.360 e. The standard InChI is InChI=1S/C15H22N4O2/c1-16(2)9-5-10-17-11-6-12-18(13-17)14-7-3-4-8-15(14)19(20)21/h3-4,6-8,11H,5,9-10,12-13H2,1-2H3. The van der Waals surface area contributed by atoms with Gasteiger partial charge in [0.25, 0.3) is 5.69 Å². The molecule has 0 radical (unpaired) electrons. The molecule has 1 aromatic rings. The van der Waals surface area contributed by atoms with Gasteiger partial charge in [0.2, 0.25) is 0 Å². The van der Waals surface area contributed by atoms with Crippen LogP contribution in [0, 0.1) is 10.1 Å². The molecule has 0 bridgehead atoms. The van der Waals surface area contributed by atoms with E-state index in [0.29, 0.717) is 18.9 Å². The number of benzene rings is 1. The topological polar surface area (TPSA) is 52.9 Å². The molecular formula is C15H22N4O2. The zero-order chi connectivity index (χ0) is 15.2. The van der Waals surface area contributed by atoms with Gasteiger partial charge < -0.3 is 14.7 Å². The van der Waals surface area contributed by atoms with Crippen LogP contribution in [-0.2, 0) is 0 Å². The summed E-state index contributed by atoms with van der Waals surface area (Å²) in [7, 11) is 4.12. The molecule has 0 atom stereocenters. The zero-order valence-corrected chi connectivity index (χ0v) is 12.6. The molecule has 21 heavy (non-hydrogen) atoms. The van der Waals surface area contributed by atoms with Gasteiger partial charge in [0.05, 0.1) is 11.6 Å². The Kier molecular flexibility index (Phi) is 5.16. The van der Waals surface area contributed by atoms with Crippen LogP contribution in [0.4, 0.5) is 11.4 Å². The number of rotatable bonds is 6. The fourth-order valence-corrected chi connectivity index (χ4v) is 2.44. The Hall–Kier alpha value is -2.08. The maximum atomic E-state index is 11.1. The van der Waals surface area contributed by atoms with Crippen LogP contribution in [0.5, 0.6) is 0 Å². The van der Waals surface area contributed by atoms with Crippen LogP contribution < -0.4 is 4.90 Å². The molecule has 0 saturated heterocycles. The third kappa shape index (κ3) is 4.19. The molecule has 0 saturated carbocycles. The van der Waals surface area contributed by atoms with Crippen molar-refractivity contribution in [3.05, 3.63) is 46.7 Å². The summed E-state index contributed by atoms with van der Waals surface area (Å²) >= 11 is 0. The molecule has 0 unspecified atom stereocenters. The third-order valence-corrected chi connectivity index (χ3v) is 3.46. The van der Waals surface area contributed by atoms with E-state index >= 15 is 0 Å². The first-order chi connectivity index (χ1) is 10.1. The van der Waals surface area contributed by atoms with Crippen LogP contribution in [0.15, 0.2) is 36.5 Å². The predicted molar refractivity (Wildman–Crippen MR) is 84.3 cm³/mol. The van der Waals surface area contributed by atoms with Crippen molar-refractivity contribution in [1.82, 2.24) is 9.80 Å². The number of nitro benzene ring substituents is 1. The third-order valence-electron chi connectivity index (χ3n) is 3.46. The summed E-state index contributed by atoms with van der Waals surface area (Å²) in [6.45, 7) is 3.38. The van der Waals surface area contributed by atoms with E-state index in [1.165, 1.54) is 0 Å². The van der Waals surface area contributed by atoms with E-state index in [2.05, 4.69) is 36.2 Å². The molecule has 0 N–H and O–H groups in total. The van der Waals surface area contributed by atoms with Crippen molar-refractivity contribution in [2.75, 3.05) is 45.3 Å². The average molecular weight is 290 g/mol.